The van der Waals surface area contributed by atoms with Gasteiger partial charge in [-0.15, -0.1) is 0 Å². The molecule has 8 aromatic rings. The minimum absolute atomic E-state index is 0.0530. The Labute approximate surface area is 324 Å². The van der Waals surface area contributed by atoms with Crippen LogP contribution in [0.2, 0.25) is 0 Å². The molecule has 0 fully saturated rings. The van der Waals surface area contributed by atoms with Crippen LogP contribution < -0.4 is 0 Å². The van der Waals surface area contributed by atoms with E-state index in [0.717, 1.165) is 12.8 Å². The number of benzene rings is 8. The molecule has 55 heavy (non-hydrogen) atoms. The fourth-order valence-corrected chi connectivity index (χ4v) is 10.7. The first-order valence-corrected chi connectivity index (χ1v) is 19.9. The average molecular weight is 703 g/mol. The van der Waals surface area contributed by atoms with Crippen LogP contribution in [-0.4, -0.2) is 0 Å². The van der Waals surface area contributed by atoms with Crippen LogP contribution in [0.1, 0.15) is 76.3 Å². The smallest absolute Gasteiger partial charge is 0.0622 e. The quantitative estimate of drug-likeness (QED) is 0.162. The summed E-state index contributed by atoms with van der Waals surface area (Å²) in [6.45, 7) is 4.79. The van der Waals surface area contributed by atoms with Crippen molar-refractivity contribution in [3.8, 4) is 44.5 Å². The molecule has 0 amide bonds. The zero-order valence-corrected chi connectivity index (χ0v) is 31.4. The maximum absolute atomic E-state index is 2.57. The minimum Gasteiger partial charge on any atom is -0.0622 e. The van der Waals surface area contributed by atoms with E-state index in [-0.39, 0.29) is 16.7 Å². The van der Waals surface area contributed by atoms with Gasteiger partial charge in [0.05, 0.1) is 5.41 Å². The molecule has 3 aliphatic rings. The van der Waals surface area contributed by atoms with Crippen molar-refractivity contribution in [1.82, 2.24) is 0 Å². The van der Waals surface area contributed by atoms with Crippen LogP contribution in [0.25, 0.3) is 44.5 Å². The zero-order valence-electron chi connectivity index (χ0n) is 31.4. The standard InChI is InChI=1S/C55H42/c1-54(2)48-24-12-8-20-42(48)46-33-30-38(35-52(46)54)40(41-19-7-6-18-39(41)37-16-4-3-5-17-37)31-28-36-29-32-47-45-23-11-15-27-51(45)55(53(47)34-36)49-25-13-9-21-43(49)44-22-10-14-26-50(44)55/h3-27,29-30,32-35,40H,28,31H2,1-2H3. The summed E-state index contributed by atoms with van der Waals surface area (Å²) >= 11 is 0. The Kier molecular flexibility index (Phi) is 7.11. The summed E-state index contributed by atoms with van der Waals surface area (Å²) in [4.78, 5) is 0. The van der Waals surface area contributed by atoms with E-state index in [0.29, 0.717) is 0 Å². The number of hydrogen-bond donors (Lipinski definition) is 0. The van der Waals surface area contributed by atoms with E-state index in [1.807, 2.05) is 0 Å². The third kappa shape index (κ3) is 4.58. The highest BCUT2D eigenvalue weighted by atomic mass is 14.5. The molecule has 11 rings (SSSR count). The Morgan fingerprint density at radius 3 is 1.49 bits per heavy atom. The molecular formula is C55H42. The predicted molar refractivity (Wildman–Crippen MR) is 229 cm³/mol. The SMILES string of the molecule is CC1(C)c2ccccc2-c2ccc(C(CCc3ccc4c(c3)C3(c5ccccc5-c5ccccc53)c3ccccc3-4)c3ccccc3-c3ccccc3)cc21. The molecule has 262 valence electrons. The molecule has 3 aliphatic carbocycles. The number of hydrogen-bond acceptors (Lipinski definition) is 0. The second kappa shape index (κ2) is 12.1. The second-order valence-electron chi connectivity index (χ2n) is 16.3. The van der Waals surface area contributed by atoms with Gasteiger partial charge in [0, 0.05) is 11.3 Å². The van der Waals surface area contributed by atoms with Crippen molar-refractivity contribution in [3.63, 3.8) is 0 Å². The van der Waals surface area contributed by atoms with Crippen molar-refractivity contribution < 1.29 is 0 Å². The van der Waals surface area contributed by atoms with E-state index in [1.165, 1.54) is 94.6 Å². The lowest BCUT2D eigenvalue weighted by molar-refractivity contribution is 0.654. The Morgan fingerprint density at radius 1 is 0.382 bits per heavy atom. The molecule has 0 N–H and O–H groups in total. The molecular weight excluding hydrogens is 661 g/mol. The van der Waals surface area contributed by atoms with Crippen LogP contribution in [0.4, 0.5) is 0 Å². The molecule has 0 aliphatic heterocycles. The monoisotopic (exact) mass is 702 g/mol. The van der Waals surface area contributed by atoms with Gasteiger partial charge in [0.2, 0.25) is 0 Å². The van der Waals surface area contributed by atoms with Crippen molar-refractivity contribution in [1.29, 1.82) is 0 Å². The third-order valence-corrected chi connectivity index (χ3v) is 13.2. The first-order valence-electron chi connectivity index (χ1n) is 19.9. The lowest BCUT2D eigenvalue weighted by atomic mass is 9.70. The summed E-state index contributed by atoms with van der Waals surface area (Å²) < 4.78 is 0. The van der Waals surface area contributed by atoms with Gasteiger partial charge in [-0.3, -0.25) is 0 Å². The Bertz CT molecular complexity index is 2730. The van der Waals surface area contributed by atoms with Gasteiger partial charge in [0.1, 0.15) is 0 Å². The molecule has 0 saturated carbocycles. The average Bonchev–Trinajstić information content (AvgIpc) is 3.80. The highest BCUT2D eigenvalue weighted by Gasteiger charge is 2.51. The number of aryl methyl sites for hydroxylation is 1. The van der Waals surface area contributed by atoms with Crippen molar-refractivity contribution in [3.05, 3.63) is 238 Å². The van der Waals surface area contributed by atoms with Gasteiger partial charge in [0.25, 0.3) is 0 Å². The first-order chi connectivity index (χ1) is 27.0. The molecule has 0 radical (unpaired) electrons. The van der Waals surface area contributed by atoms with Crippen molar-refractivity contribution in [2.24, 2.45) is 0 Å². The van der Waals surface area contributed by atoms with Gasteiger partial charge in [-0.05, 0) is 107 Å². The van der Waals surface area contributed by atoms with E-state index in [1.54, 1.807) is 0 Å². The summed E-state index contributed by atoms with van der Waals surface area (Å²) in [7, 11) is 0. The Balaban J connectivity index is 1.05. The van der Waals surface area contributed by atoms with Gasteiger partial charge < -0.3 is 0 Å². The van der Waals surface area contributed by atoms with Gasteiger partial charge in [-0.1, -0.05) is 202 Å². The van der Waals surface area contributed by atoms with Crippen LogP contribution in [0.15, 0.2) is 188 Å². The van der Waals surface area contributed by atoms with Gasteiger partial charge >= 0.3 is 0 Å². The lowest BCUT2D eigenvalue weighted by Gasteiger charge is -2.30. The number of rotatable bonds is 6. The topological polar surface area (TPSA) is 0 Å². The van der Waals surface area contributed by atoms with Gasteiger partial charge in [-0.25, -0.2) is 0 Å². The Morgan fingerprint density at radius 2 is 0.855 bits per heavy atom. The van der Waals surface area contributed by atoms with Crippen LogP contribution >= 0.6 is 0 Å². The van der Waals surface area contributed by atoms with Crippen molar-refractivity contribution >= 4 is 0 Å². The van der Waals surface area contributed by atoms with Crippen LogP contribution in [0.3, 0.4) is 0 Å². The molecule has 0 aromatic heterocycles. The minimum atomic E-state index is -0.324. The van der Waals surface area contributed by atoms with E-state index in [4.69, 9.17) is 0 Å². The molecule has 1 unspecified atom stereocenters. The molecule has 0 heteroatoms. The van der Waals surface area contributed by atoms with Crippen molar-refractivity contribution in [2.75, 3.05) is 0 Å². The lowest BCUT2D eigenvalue weighted by Crippen LogP contribution is -2.26. The molecule has 0 heterocycles. The first kappa shape index (κ1) is 32.2. The molecule has 8 aromatic carbocycles. The van der Waals surface area contributed by atoms with E-state index < -0.39 is 0 Å². The maximum atomic E-state index is 2.57. The zero-order chi connectivity index (χ0) is 36.7. The summed E-state index contributed by atoms with van der Waals surface area (Å²) in [6, 6.07) is 71.2. The fourth-order valence-electron chi connectivity index (χ4n) is 10.7. The Hall–Kier alpha value is -6.24. The van der Waals surface area contributed by atoms with E-state index >= 15 is 0 Å². The van der Waals surface area contributed by atoms with E-state index in [2.05, 4.69) is 202 Å². The molecule has 0 saturated heterocycles. The summed E-state index contributed by atoms with van der Waals surface area (Å²) in [6.07, 6.45) is 1.97. The highest BCUT2D eigenvalue weighted by Crippen LogP contribution is 2.63. The maximum Gasteiger partial charge on any atom is 0.0725 e. The van der Waals surface area contributed by atoms with Crippen LogP contribution in [-0.2, 0) is 17.3 Å². The van der Waals surface area contributed by atoms with Crippen LogP contribution in [0, 0.1) is 0 Å². The highest BCUT2D eigenvalue weighted by molar-refractivity contribution is 5.95. The molecule has 0 nitrogen and oxygen atoms in total. The summed E-state index contributed by atoms with van der Waals surface area (Å²) in [5.74, 6) is 0.216. The predicted octanol–water partition coefficient (Wildman–Crippen LogP) is 13.8. The normalized spacial score (nSPS) is 15.1. The van der Waals surface area contributed by atoms with Gasteiger partial charge in [-0.2, -0.15) is 0 Å². The molecule has 0 bridgehead atoms. The molecule has 1 spiro atoms. The summed E-state index contributed by atoms with van der Waals surface area (Å²) in [5.41, 5.74) is 23.0. The molecule has 1 atom stereocenters. The third-order valence-electron chi connectivity index (χ3n) is 13.2. The van der Waals surface area contributed by atoms with Crippen molar-refractivity contribution in [2.45, 2.75) is 43.4 Å². The number of fused-ring (bicyclic) bond motifs is 13. The second-order valence-corrected chi connectivity index (χ2v) is 16.3. The summed E-state index contributed by atoms with van der Waals surface area (Å²) in [5, 5.41) is 0. The largest absolute Gasteiger partial charge is 0.0725 e. The van der Waals surface area contributed by atoms with Crippen LogP contribution in [0.5, 0.6) is 0 Å². The van der Waals surface area contributed by atoms with E-state index in [9.17, 15) is 0 Å². The van der Waals surface area contributed by atoms with Gasteiger partial charge in [0.15, 0.2) is 0 Å². The fraction of sp³-hybridized carbons (Fsp3) is 0.127.